The van der Waals surface area contributed by atoms with Crippen molar-refractivity contribution < 1.29 is 19.4 Å². The zero-order valence-corrected chi connectivity index (χ0v) is 18.7. The molecule has 1 aliphatic carbocycles. The molecule has 0 saturated carbocycles. The lowest BCUT2D eigenvalue weighted by atomic mass is 10.0. The summed E-state index contributed by atoms with van der Waals surface area (Å²) in [6.45, 7) is 6.80. The molecule has 2 aromatic carbocycles. The van der Waals surface area contributed by atoms with Gasteiger partial charge in [-0.25, -0.2) is 4.79 Å². The van der Waals surface area contributed by atoms with Gasteiger partial charge in [-0.2, -0.15) is 0 Å². The third-order valence-corrected chi connectivity index (χ3v) is 5.88. The summed E-state index contributed by atoms with van der Waals surface area (Å²) >= 11 is 1.70. The van der Waals surface area contributed by atoms with Gasteiger partial charge in [-0.05, 0) is 98.2 Å². The number of carboxylic acids is 1. The molecular formula is C25H26O4S. The van der Waals surface area contributed by atoms with Crippen molar-refractivity contribution in [2.75, 3.05) is 6.26 Å². The van der Waals surface area contributed by atoms with Gasteiger partial charge in [0, 0.05) is 16.9 Å². The fraction of sp³-hybridized carbons (Fsp3) is 0.280. The quantitative estimate of drug-likeness (QED) is 0.472. The average molecular weight is 423 g/mol. The Morgan fingerprint density at radius 3 is 2.40 bits per heavy atom. The number of thioether (sulfide) groups is 1. The third kappa shape index (κ3) is 4.68. The van der Waals surface area contributed by atoms with Crippen LogP contribution in [-0.4, -0.2) is 28.7 Å². The van der Waals surface area contributed by atoms with Crippen LogP contribution in [0.4, 0.5) is 0 Å². The Kier molecular flexibility index (Phi) is 6.22. The lowest BCUT2D eigenvalue weighted by Crippen LogP contribution is -2.38. The van der Waals surface area contributed by atoms with Crippen LogP contribution in [-0.2, 0) is 16.0 Å². The normalized spacial score (nSPS) is 13.3. The highest BCUT2D eigenvalue weighted by Crippen LogP contribution is 2.31. The van der Waals surface area contributed by atoms with Crippen molar-refractivity contribution in [3.8, 4) is 5.75 Å². The first-order chi connectivity index (χ1) is 14.1. The maximum absolute atomic E-state index is 12.7. The SMILES string of the molecule is CSc1ccc2c(c1)CC(C(=O)/C=C/c1cc(C)c(OC(C)(C)C(=O)O)c(C)c1)=C2. The number of ether oxygens (including phenoxy) is 1. The van der Waals surface area contributed by atoms with Crippen LogP contribution in [0, 0.1) is 13.8 Å². The molecule has 0 aromatic heterocycles. The van der Waals surface area contributed by atoms with Crippen LogP contribution < -0.4 is 4.74 Å². The van der Waals surface area contributed by atoms with Crippen LogP contribution in [0.5, 0.6) is 5.75 Å². The van der Waals surface area contributed by atoms with Gasteiger partial charge in [0.2, 0.25) is 0 Å². The number of carbonyl (C=O) groups excluding carboxylic acids is 1. The first-order valence-corrected chi connectivity index (χ1v) is 11.0. The molecule has 0 spiro atoms. The van der Waals surface area contributed by atoms with Crippen LogP contribution >= 0.6 is 11.8 Å². The van der Waals surface area contributed by atoms with E-state index in [1.54, 1.807) is 23.9 Å². The van der Waals surface area contributed by atoms with Crippen molar-refractivity contribution in [3.63, 3.8) is 0 Å². The molecule has 2 aromatic rings. The highest BCUT2D eigenvalue weighted by atomic mass is 32.2. The molecule has 0 bridgehead atoms. The molecule has 0 amide bonds. The standard InChI is InChI=1S/C25H26O4S/c1-15-10-17(11-16(2)23(15)29-25(3,4)24(27)28)6-9-22(26)20-12-18-7-8-21(30-5)14-19(18)13-20/h6-12,14H,13H2,1-5H3,(H,27,28)/b9-6+. The van der Waals surface area contributed by atoms with Crippen LogP contribution in [0.15, 0.2) is 46.9 Å². The molecule has 0 heterocycles. The predicted molar refractivity (Wildman–Crippen MR) is 122 cm³/mol. The van der Waals surface area contributed by atoms with E-state index >= 15 is 0 Å². The summed E-state index contributed by atoms with van der Waals surface area (Å²) in [5.74, 6) is -0.463. The molecule has 1 N–H and O–H groups in total. The third-order valence-electron chi connectivity index (χ3n) is 5.16. The summed E-state index contributed by atoms with van der Waals surface area (Å²) in [7, 11) is 0. The predicted octanol–water partition coefficient (Wildman–Crippen LogP) is 5.49. The Labute approximate surface area is 181 Å². The Morgan fingerprint density at radius 1 is 1.13 bits per heavy atom. The molecule has 3 rings (SSSR count). The first kappa shape index (κ1) is 21.9. The van der Waals surface area contributed by atoms with Crippen molar-refractivity contribution in [2.24, 2.45) is 0 Å². The minimum absolute atomic E-state index is 0.000422. The van der Waals surface area contributed by atoms with Gasteiger partial charge in [-0.1, -0.05) is 12.1 Å². The lowest BCUT2D eigenvalue weighted by Gasteiger charge is -2.24. The van der Waals surface area contributed by atoms with Crippen molar-refractivity contribution in [3.05, 3.63) is 69.8 Å². The molecule has 30 heavy (non-hydrogen) atoms. The number of hydrogen-bond acceptors (Lipinski definition) is 4. The maximum atomic E-state index is 12.7. The number of aryl methyl sites for hydroxylation is 2. The zero-order chi connectivity index (χ0) is 22.1. The number of ketones is 1. The fourth-order valence-electron chi connectivity index (χ4n) is 3.42. The summed E-state index contributed by atoms with van der Waals surface area (Å²) in [4.78, 5) is 25.2. The van der Waals surface area contributed by atoms with Gasteiger partial charge in [-0.15, -0.1) is 11.8 Å². The number of fused-ring (bicyclic) bond motifs is 1. The summed E-state index contributed by atoms with van der Waals surface area (Å²) in [6.07, 6.45) is 8.06. The van der Waals surface area contributed by atoms with Crippen molar-refractivity contribution in [1.82, 2.24) is 0 Å². The molecule has 0 unspecified atom stereocenters. The van der Waals surface area contributed by atoms with Gasteiger partial charge in [0.05, 0.1) is 0 Å². The zero-order valence-electron chi connectivity index (χ0n) is 17.9. The Balaban J connectivity index is 1.75. The number of hydrogen-bond donors (Lipinski definition) is 1. The Bertz CT molecular complexity index is 1050. The van der Waals surface area contributed by atoms with Crippen molar-refractivity contribution in [2.45, 2.75) is 44.6 Å². The lowest BCUT2D eigenvalue weighted by molar-refractivity contribution is -0.152. The summed E-state index contributed by atoms with van der Waals surface area (Å²) < 4.78 is 5.74. The summed E-state index contributed by atoms with van der Waals surface area (Å²) in [6, 6.07) is 10.1. The minimum atomic E-state index is -1.32. The van der Waals surface area contributed by atoms with Crippen LogP contribution in [0.3, 0.4) is 0 Å². The molecule has 0 saturated heterocycles. The Morgan fingerprint density at radius 2 is 1.80 bits per heavy atom. The highest BCUT2D eigenvalue weighted by molar-refractivity contribution is 7.98. The number of allylic oxidation sites excluding steroid dienone is 2. The van der Waals surface area contributed by atoms with Crippen LogP contribution in [0.2, 0.25) is 0 Å². The van der Waals surface area contributed by atoms with E-state index in [-0.39, 0.29) is 5.78 Å². The molecule has 5 heteroatoms. The second-order valence-corrected chi connectivity index (χ2v) is 8.89. The number of rotatable bonds is 7. The molecular weight excluding hydrogens is 396 g/mol. The van der Waals surface area contributed by atoms with E-state index in [0.717, 1.165) is 27.8 Å². The number of carbonyl (C=O) groups is 2. The van der Waals surface area contributed by atoms with Gasteiger partial charge in [0.1, 0.15) is 5.75 Å². The second-order valence-electron chi connectivity index (χ2n) is 8.01. The van der Waals surface area contributed by atoms with Gasteiger partial charge in [0.15, 0.2) is 11.4 Å². The Hall–Kier alpha value is -2.79. The molecule has 156 valence electrons. The van der Waals surface area contributed by atoms with E-state index in [2.05, 4.69) is 18.2 Å². The molecule has 0 aliphatic heterocycles. The van der Waals surface area contributed by atoms with E-state index in [4.69, 9.17) is 4.74 Å². The van der Waals surface area contributed by atoms with Crippen LogP contribution in [0.25, 0.3) is 12.2 Å². The molecule has 0 fully saturated rings. The van der Waals surface area contributed by atoms with Gasteiger partial charge >= 0.3 is 5.97 Å². The molecule has 0 atom stereocenters. The maximum Gasteiger partial charge on any atom is 0.347 e. The van der Waals surface area contributed by atoms with Crippen LogP contribution in [0.1, 0.15) is 41.7 Å². The largest absolute Gasteiger partial charge is 0.478 e. The average Bonchev–Trinajstić information content (AvgIpc) is 3.12. The van der Waals surface area contributed by atoms with E-state index in [1.165, 1.54) is 24.3 Å². The number of aliphatic carboxylic acids is 1. The smallest absolute Gasteiger partial charge is 0.347 e. The summed E-state index contributed by atoms with van der Waals surface area (Å²) in [5, 5.41) is 9.30. The highest BCUT2D eigenvalue weighted by Gasteiger charge is 2.30. The van der Waals surface area contributed by atoms with Gasteiger partial charge in [0.25, 0.3) is 0 Å². The topological polar surface area (TPSA) is 63.6 Å². The van der Waals surface area contributed by atoms with E-state index < -0.39 is 11.6 Å². The van der Waals surface area contributed by atoms with Crippen molar-refractivity contribution in [1.29, 1.82) is 0 Å². The fourth-order valence-corrected chi connectivity index (χ4v) is 3.89. The summed E-state index contributed by atoms with van der Waals surface area (Å²) in [5.41, 5.74) is 4.30. The first-order valence-electron chi connectivity index (χ1n) is 9.74. The monoisotopic (exact) mass is 422 g/mol. The van der Waals surface area contributed by atoms with Gasteiger partial charge < -0.3 is 9.84 Å². The molecule has 1 aliphatic rings. The van der Waals surface area contributed by atoms with Gasteiger partial charge in [-0.3, -0.25) is 4.79 Å². The number of carboxylic acid groups (broad SMARTS) is 1. The molecule has 4 nitrogen and oxygen atoms in total. The number of benzene rings is 2. The second kappa shape index (κ2) is 8.52. The van der Waals surface area contributed by atoms with E-state index in [0.29, 0.717) is 12.2 Å². The van der Waals surface area contributed by atoms with Crippen molar-refractivity contribution >= 4 is 35.7 Å². The van der Waals surface area contributed by atoms with E-state index in [1.807, 2.05) is 38.3 Å². The minimum Gasteiger partial charge on any atom is -0.478 e. The van der Waals surface area contributed by atoms with E-state index in [9.17, 15) is 14.7 Å². The molecule has 0 radical (unpaired) electrons.